The molecule has 0 aromatic carbocycles. The third-order valence-electron chi connectivity index (χ3n) is 3.84. The minimum absolute atomic E-state index is 0.0877. The fraction of sp³-hybridized carbons (Fsp3) is 1.00. The maximum atomic E-state index is 11.5. The first-order chi connectivity index (χ1) is 8.48. The Morgan fingerprint density at radius 3 is 2.56 bits per heavy atom. The lowest BCUT2D eigenvalue weighted by atomic mass is 10.2. The Morgan fingerprint density at radius 2 is 2.00 bits per heavy atom. The van der Waals surface area contributed by atoms with Crippen LogP contribution in [0.25, 0.3) is 0 Å². The number of hydrogen-bond donors (Lipinski definition) is 2. The van der Waals surface area contributed by atoms with Gasteiger partial charge in [-0.15, -0.1) is 0 Å². The van der Waals surface area contributed by atoms with Gasteiger partial charge in [-0.25, -0.2) is 8.42 Å². The standard InChI is InChI=1S/C11H23N3O3S/c1-13(6-7-14-4-2-12-3-5-14)10-8-18(16,17)9-11(10)15/h10-12,15H,2-9H2,1H3. The fourth-order valence-electron chi connectivity index (χ4n) is 2.63. The summed E-state index contributed by atoms with van der Waals surface area (Å²) in [6.07, 6.45) is -0.733. The van der Waals surface area contributed by atoms with Crippen molar-refractivity contribution in [2.45, 2.75) is 12.1 Å². The van der Waals surface area contributed by atoms with E-state index < -0.39 is 15.9 Å². The lowest BCUT2D eigenvalue weighted by Crippen LogP contribution is -2.48. The molecule has 2 aliphatic heterocycles. The van der Waals surface area contributed by atoms with Crippen LogP contribution in [0.5, 0.6) is 0 Å². The van der Waals surface area contributed by atoms with Crippen molar-refractivity contribution in [3.05, 3.63) is 0 Å². The maximum Gasteiger partial charge on any atom is 0.154 e. The summed E-state index contributed by atoms with van der Waals surface area (Å²) in [5.41, 5.74) is 0. The van der Waals surface area contributed by atoms with Crippen LogP contribution in [0.3, 0.4) is 0 Å². The van der Waals surface area contributed by atoms with Crippen molar-refractivity contribution in [1.82, 2.24) is 15.1 Å². The fourth-order valence-corrected chi connectivity index (χ4v) is 4.51. The quantitative estimate of drug-likeness (QED) is 0.618. The van der Waals surface area contributed by atoms with Crippen molar-refractivity contribution in [3.8, 4) is 0 Å². The van der Waals surface area contributed by atoms with Gasteiger partial charge in [0.1, 0.15) is 0 Å². The Labute approximate surface area is 109 Å². The summed E-state index contributed by atoms with van der Waals surface area (Å²) in [6, 6.07) is -0.238. The Bertz CT molecular complexity index is 368. The van der Waals surface area contributed by atoms with E-state index in [2.05, 4.69) is 10.2 Å². The second-order valence-corrected chi connectivity index (χ2v) is 7.44. The van der Waals surface area contributed by atoms with Crippen LogP contribution in [0.4, 0.5) is 0 Å². The van der Waals surface area contributed by atoms with Crippen LogP contribution in [-0.2, 0) is 9.84 Å². The zero-order valence-corrected chi connectivity index (χ0v) is 11.7. The normalized spacial score (nSPS) is 33.1. The number of aliphatic hydroxyl groups excluding tert-OH is 1. The molecule has 0 aromatic rings. The van der Waals surface area contributed by atoms with Crippen molar-refractivity contribution in [3.63, 3.8) is 0 Å². The second kappa shape index (κ2) is 5.83. The third-order valence-corrected chi connectivity index (χ3v) is 5.54. The molecule has 106 valence electrons. The third kappa shape index (κ3) is 3.64. The molecule has 0 aromatic heterocycles. The van der Waals surface area contributed by atoms with Crippen molar-refractivity contribution in [2.75, 3.05) is 57.8 Å². The maximum absolute atomic E-state index is 11.5. The molecule has 2 atom stereocenters. The summed E-state index contributed by atoms with van der Waals surface area (Å²) in [5.74, 6) is 0.00185. The molecule has 2 aliphatic rings. The van der Waals surface area contributed by atoms with Gasteiger partial charge in [0.2, 0.25) is 0 Å². The highest BCUT2D eigenvalue weighted by atomic mass is 32.2. The molecule has 0 radical (unpaired) electrons. The van der Waals surface area contributed by atoms with E-state index in [1.54, 1.807) is 0 Å². The van der Waals surface area contributed by atoms with Gasteiger partial charge in [0.05, 0.1) is 23.7 Å². The van der Waals surface area contributed by atoms with Crippen LogP contribution in [-0.4, -0.2) is 93.3 Å². The number of nitrogens with one attached hydrogen (secondary N) is 1. The topological polar surface area (TPSA) is 72.9 Å². The summed E-state index contributed by atoms with van der Waals surface area (Å²) >= 11 is 0. The number of rotatable bonds is 4. The molecule has 0 aliphatic carbocycles. The molecule has 7 heteroatoms. The van der Waals surface area contributed by atoms with E-state index in [-0.39, 0.29) is 17.5 Å². The van der Waals surface area contributed by atoms with Crippen molar-refractivity contribution in [2.24, 2.45) is 0 Å². The molecule has 0 amide bonds. The molecule has 2 unspecified atom stereocenters. The second-order valence-electron chi connectivity index (χ2n) is 5.28. The van der Waals surface area contributed by atoms with E-state index >= 15 is 0 Å². The largest absolute Gasteiger partial charge is 0.390 e. The van der Waals surface area contributed by atoms with Gasteiger partial charge in [0.15, 0.2) is 9.84 Å². The lowest BCUT2D eigenvalue weighted by molar-refractivity contribution is 0.0901. The van der Waals surface area contributed by atoms with Crippen LogP contribution < -0.4 is 5.32 Å². The van der Waals surface area contributed by atoms with Crippen molar-refractivity contribution >= 4 is 9.84 Å². The van der Waals surface area contributed by atoms with E-state index in [9.17, 15) is 13.5 Å². The van der Waals surface area contributed by atoms with E-state index in [4.69, 9.17) is 0 Å². The number of hydrogen-bond acceptors (Lipinski definition) is 6. The minimum Gasteiger partial charge on any atom is -0.390 e. The molecule has 0 saturated carbocycles. The van der Waals surface area contributed by atoms with Gasteiger partial charge >= 0.3 is 0 Å². The smallest absolute Gasteiger partial charge is 0.154 e. The van der Waals surface area contributed by atoms with Gasteiger partial charge in [-0.2, -0.15) is 0 Å². The summed E-state index contributed by atoms with van der Waals surface area (Å²) < 4.78 is 22.9. The molecular weight excluding hydrogens is 254 g/mol. The molecule has 18 heavy (non-hydrogen) atoms. The number of piperazine rings is 1. The summed E-state index contributed by atoms with van der Waals surface area (Å²) in [7, 11) is -1.15. The minimum atomic E-state index is -3.05. The van der Waals surface area contributed by atoms with Crippen molar-refractivity contribution < 1.29 is 13.5 Å². The van der Waals surface area contributed by atoms with Gasteiger partial charge in [-0.1, -0.05) is 0 Å². The molecule has 6 nitrogen and oxygen atoms in total. The van der Waals surface area contributed by atoms with Gasteiger partial charge < -0.3 is 10.4 Å². The number of aliphatic hydroxyl groups is 1. The first-order valence-corrected chi connectivity index (χ1v) is 8.32. The summed E-state index contributed by atoms with van der Waals surface area (Å²) in [5, 5.41) is 13.1. The molecule has 0 spiro atoms. The highest BCUT2D eigenvalue weighted by Crippen LogP contribution is 2.17. The highest BCUT2D eigenvalue weighted by molar-refractivity contribution is 7.91. The van der Waals surface area contributed by atoms with Crippen molar-refractivity contribution in [1.29, 1.82) is 0 Å². The zero-order valence-electron chi connectivity index (χ0n) is 10.9. The number of likely N-dealkylation sites (N-methyl/N-ethyl adjacent to an activating group) is 1. The predicted octanol–water partition coefficient (Wildman–Crippen LogP) is -2.02. The van der Waals surface area contributed by atoms with E-state index in [0.717, 1.165) is 39.3 Å². The monoisotopic (exact) mass is 277 g/mol. The molecule has 0 bridgehead atoms. The summed E-state index contributed by atoms with van der Waals surface area (Å²) in [4.78, 5) is 4.35. The van der Waals surface area contributed by atoms with E-state index in [0.29, 0.717) is 0 Å². The lowest BCUT2D eigenvalue weighted by Gasteiger charge is -2.31. The van der Waals surface area contributed by atoms with Crippen LogP contribution in [0.1, 0.15) is 0 Å². The van der Waals surface area contributed by atoms with Crippen LogP contribution >= 0.6 is 0 Å². The Morgan fingerprint density at radius 1 is 1.33 bits per heavy atom. The van der Waals surface area contributed by atoms with E-state index in [1.165, 1.54) is 0 Å². The first-order valence-electron chi connectivity index (χ1n) is 6.50. The molecule has 2 heterocycles. The first kappa shape index (κ1) is 14.2. The van der Waals surface area contributed by atoms with Crippen LogP contribution in [0, 0.1) is 0 Å². The zero-order chi connectivity index (χ0) is 13.2. The average molecular weight is 277 g/mol. The highest BCUT2D eigenvalue weighted by Gasteiger charge is 2.38. The van der Waals surface area contributed by atoms with E-state index in [1.807, 2.05) is 11.9 Å². The van der Waals surface area contributed by atoms with Crippen LogP contribution in [0.15, 0.2) is 0 Å². The average Bonchev–Trinajstić information content (AvgIpc) is 2.61. The predicted molar refractivity (Wildman–Crippen MR) is 70.4 cm³/mol. The molecule has 2 fully saturated rings. The van der Waals surface area contributed by atoms with Gasteiger partial charge in [0.25, 0.3) is 0 Å². The molecule has 2 saturated heterocycles. The number of nitrogens with zero attached hydrogens (tertiary/aromatic N) is 2. The Balaban J connectivity index is 1.79. The van der Waals surface area contributed by atoms with Gasteiger partial charge in [-0.3, -0.25) is 9.80 Å². The van der Waals surface area contributed by atoms with Gasteiger partial charge in [0, 0.05) is 39.3 Å². The number of sulfone groups is 1. The van der Waals surface area contributed by atoms with Gasteiger partial charge in [-0.05, 0) is 7.05 Å². The molecule has 2 N–H and O–H groups in total. The Kier molecular flexibility index (Phi) is 4.60. The van der Waals surface area contributed by atoms with Crippen LogP contribution in [0.2, 0.25) is 0 Å². The SMILES string of the molecule is CN(CCN1CCNCC1)C1CS(=O)(=O)CC1O. The molecular formula is C11H23N3O3S. The Hall–Kier alpha value is -0.210. The summed E-state index contributed by atoms with van der Waals surface area (Å²) in [6.45, 7) is 5.85. The molecule has 2 rings (SSSR count).